The number of benzene rings is 1. The quantitative estimate of drug-likeness (QED) is 0.679. The minimum Gasteiger partial charge on any atom is -0.338 e. The van der Waals surface area contributed by atoms with Gasteiger partial charge in [-0.1, -0.05) is 40.2 Å². The molecule has 5 atom stereocenters. The fraction of sp³-hybridized carbons (Fsp3) is 0.619. The van der Waals surface area contributed by atoms with Gasteiger partial charge in [0.25, 0.3) is 0 Å². The van der Waals surface area contributed by atoms with Gasteiger partial charge in [-0.05, 0) is 36.8 Å². The monoisotopic (exact) mass is 446 g/mol. The normalized spacial score (nSPS) is 35.0. The van der Waals surface area contributed by atoms with E-state index in [4.69, 9.17) is 0 Å². The lowest BCUT2D eigenvalue weighted by atomic mass is 9.84. The van der Waals surface area contributed by atoms with Crippen LogP contribution in [0.15, 0.2) is 24.3 Å². The topological polar surface area (TPSA) is 64.7 Å². The highest BCUT2D eigenvalue weighted by Crippen LogP contribution is 2.36. The summed E-state index contributed by atoms with van der Waals surface area (Å²) < 4.78 is 0. The summed E-state index contributed by atoms with van der Waals surface area (Å²) in [6, 6.07) is 8.74. The first-order valence-electron chi connectivity index (χ1n) is 10.4. The summed E-state index contributed by atoms with van der Waals surface area (Å²) >= 11 is 3.73. The predicted octanol–water partition coefficient (Wildman–Crippen LogP) is 1.79. The summed E-state index contributed by atoms with van der Waals surface area (Å²) in [7, 11) is 0. The lowest BCUT2D eigenvalue weighted by Gasteiger charge is -2.34. The van der Waals surface area contributed by atoms with Crippen LogP contribution in [0.5, 0.6) is 0 Å². The first-order valence-corrected chi connectivity index (χ1v) is 11.3. The Morgan fingerprint density at radius 2 is 1.96 bits per heavy atom. The van der Waals surface area contributed by atoms with Crippen LogP contribution in [0.3, 0.4) is 0 Å². The van der Waals surface area contributed by atoms with Crippen LogP contribution in [0.25, 0.3) is 0 Å². The molecule has 7 heteroatoms. The summed E-state index contributed by atoms with van der Waals surface area (Å²) in [6.07, 6.45) is 4.56. The molecule has 0 aromatic heterocycles. The van der Waals surface area contributed by atoms with E-state index in [9.17, 15) is 9.59 Å². The third kappa shape index (κ3) is 3.27. The molecule has 0 spiro atoms. The van der Waals surface area contributed by atoms with Crippen molar-refractivity contribution in [2.75, 3.05) is 13.1 Å². The predicted molar refractivity (Wildman–Crippen MR) is 109 cm³/mol. The zero-order valence-corrected chi connectivity index (χ0v) is 17.5. The van der Waals surface area contributed by atoms with Crippen LogP contribution in [0, 0.1) is 11.8 Å². The standard InChI is InChI=1S/C21H27BrN4O2/c22-16-5-6-17-18(10-16)23-24-20(17)26-12-15(9-19(26)27)21(28)25-8-7-13-3-1-2-4-14(13)11-25/h1-4,15-18,20,23-24H,5-12H2. The maximum absolute atomic E-state index is 13.1. The number of likely N-dealkylation sites (tertiary alicyclic amines) is 1. The van der Waals surface area contributed by atoms with Gasteiger partial charge in [0.1, 0.15) is 0 Å². The second-order valence-corrected chi connectivity index (χ2v) is 9.93. The Morgan fingerprint density at radius 1 is 1.14 bits per heavy atom. The maximum atomic E-state index is 13.1. The fourth-order valence-corrected chi connectivity index (χ4v) is 6.07. The molecule has 1 saturated carbocycles. The zero-order chi connectivity index (χ0) is 19.3. The summed E-state index contributed by atoms with van der Waals surface area (Å²) in [5.41, 5.74) is 9.31. The van der Waals surface area contributed by atoms with E-state index < -0.39 is 0 Å². The number of nitrogens with zero attached hydrogens (tertiary/aromatic N) is 2. The molecule has 5 rings (SSSR count). The van der Waals surface area contributed by atoms with E-state index in [1.807, 2.05) is 15.9 Å². The number of nitrogens with one attached hydrogen (secondary N) is 2. The van der Waals surface area contributed by atoms with E-state index in [0.29, 0.717) is 36.3 Å². The molecule has 1 aromatic carbocycles. The Hall–Kier alpha value is -1.44. The van der Waals surface area contributed by atoms with Crippen molar-refractivity contribution in [2.45, 2.75) is 55.7 Å². The first-order chi connectivity index (χ1) is 13.6. The molecule has 2 N–H and O–H groups in total. The van der Waals surface area contributed by atoms with E-state index in [-0.39, 0.29) is 23.9 Å². The Morgan fingerprint density at radius 3 is 2.82 bits per heavy atom. The fourth-order valence-electron chi connectivity index (χ4n) is 5.40. The van der Waals surface area contributed by atoms with Gasteiger partial charge in [0, 0.05) is 42.8 Å². The van der Waals surface area contributed by atoms with Crippen molar-refractivity contribution in [3.8, 4) is 0 Å². The van der Waals surface area contributed by atoms with E-state index in [0.717, 1.165) is 32.2 Å². The van der Waals surface area contributed by atoms with Crippen LogP contribution < -0.4 is 10.9 Å². The maximum Gasteiger partial charge on any atom is 0.228 e. The Bertz CT molecular complexity index is 787. The average Bonchev–Trinajstić information content (AvgIpc) is 3.29. The molecule has 0 radical (unpaired) electrons. The molecule has 3 aliphatic heterocycles. The molecule has 6 nitrogen and oxygen atoms in total. The molecule has 150 valence electrons. The van der Waals surface area contributed by atoms with Crippen molar-refractivity contribution < 1.29 is 9.59 Å². The van der Waals surface area contributed by atoms with Gasteiger partial charge >= 0.3 is 0 Å². The van der Waals surface area contributed by atoms with Crippen LogP contribution in [0.2, 0.25) is 0 Å². The van der Waals surface area contributed by atoms with Crippen molar-refractivity contribution in [3.63, 3.8) is 0 Å². The van der Waals surface area contributed by atoms with Gasteiger partial charge in [0.05, 0.1) is 12.1 Å². The molecule has 0 bridgehead atoms. The largest absolute Gasteiger partial charge is 0.338 e. The zero-order valence-electron chi connectivity index (χ0n) is 15.9. The van der Waals surface area contributed by atoms with Gasteiger partial charge in [-0.25, -0.2) is 5.43 Å². The highest BCUT2D eigenvalue weighted by molar-refractivity contribution is 9.09. The Kier molecular flexibility index (Phi) is 4.93. The lowest BCUT2D eigenvalue weighted by Crippen LogP contribution is -2.49. The Balaban J connectivity index is 1.25. The van der Waals surface area contributed by atoms with Crippen LogP contribution in [-0.4, -0.2) is 51.7 Å². The number of alkyl halides is 1. The van der Waals surface area contributed by atoms with Crippen molar-refractivity contribution in [3.05, 3.63) is 35.4 Å². The SMILES string of the molecule is O=C(C1CC(=O)N(C2NNC3CC(Br)CCC32)C1)N1CCc2ccccc2C1. The van der Waals surface area contributed by atoms with Crippen molar-refractivity contribution in [1.29, 1.82) is 0 Å². The highest BCUT2D eigenvalue weighted by Gasteiger charge is 2.47. The number of hydrogen-bond acceptors (Lipinski definition) is 4. The molecule has 4 aliphatic rings. The summed E-state index contributed by atoms with van der Waals surface area (Å²) in [4.78, 5) is 30.3. The van der Waals surface area contributed by atoms with Gasteiger partial charge in [0.15, 0.2) is 0 Å². The number of fused-ring (bicyclic) bond motifs is 2. The van der Waals surface area contributed by atoms with E-state index in [1.54, 1.807) is 0 Å². The van der Waals surface area contributed by atoms with E-state index >= 15 is 0 Å². The van der Waals surface area contributed by atoms with Crippen LogP contribution >= 0.6 is 15.9 Å². The minimum absolute atomic E-state index is 0.0115. The average molecular weight is 447 g/mol. The first kappa shape index (κ1) is 18.6. The second-order valence-electron chi connectivity index (χ2n) is 8.64. The van der Waals surface area contributed by atoms with Crippen molar-refractivity contribution in [2.24, 2.45) is 11.8 Å². The number of hydrazine groups is 1. The molecular formula is C21H27BrN4O2. The van der Waals surface area contributed by atoms with Gasteiger partial charge in [-0.3, -0.25) is 15.0 Å². The molecule has 1 aromatic rings. The molecule has 5 unspecified atom stereocenters. The van der Waals surface area contributed by atoms with E-state index in [2.05, 4.69) is 45.0 Å². The number of halogens is 1. The molecule has 3 fully saturated rings. The van der Waals surface area contributed by atoms with Gasteiger partial charge in [0.2, 0.25) is 11.8 Å². The number of rotatable bonds is 2. The molecule has 28 heavy (non-hydrogen) atoms. The van der Waals surface area contributed by atoms with Crippen LogP contribution in [0.4, 0.5) is 0 Å². The number of amides is 2. The Labute approximate surface area is 174 Å². The molecular weight excluding hydrogens is 420 g/mol. The third-order valence-corrected chi connectivity index (χ3v) is 7.78. The van der Waals surface area contributed by atoms with Gasteiger partial charge < -0.3 is 9.80 Å². The molecule has 3 heterocycles. The summed E-state index contributed by atoms with van der Waals surface area (Å²) in [5.74, 6) is 0.452. The van der Waals surface area contributed by atoms with Gasteiger partial charge in [-0.15, -0.1) is 0 Å². The number of carbonyl (C=O) groups is 2. The number of hydrogen-bond donors (Lipinski definition) is 2. The summed E-state index contributed by atoms with van der Waals surface area (Å²) in [5, 5.41) is 0. The van der Waals surface area contributed by atoms with Crippen molar-refractivity contribution in [1.82, 2.24) is 20.7 Å². The third-order valence-electron chi connectivity index (χ3n) is 6.95. The summed E-state index contributed by atoms with van der Waals surface area (Å²) in [6.45, 7) is 1.96. The van der Waals surface area contributed by atoms with Crippen LogP contribution in [0.1, 0.15) is 36.8 Å². The number of carbonyl (C=O) groups excluding carboxylic acids is 2. The molecule has 2 saturated heterocycles. The highest BCUT2D eigenvalue weighted by atomic mass is 79.9. The smallest absolute Gasteiger partial charge is 0.228 e. The second kappa shape index (κ2) is 7.43. The minimum atomic E-state index is -0.217. The van der Waals surface area contributed by atoms with Crippen molar-refractivity contribution >= 4 is 27.7 Å². The molecule has 2 amide bonds. The van der Waals surface area contributed by atoms with Gasteiger partial charge in [-0.2, -0.15) is 0 Å². The van der Waals surface area contributed by atoms with Crippen LogP contribution in [-0.2, 0) is 22.6 Å². The molecule has 1 aliphatic carbocycles. The van der Waals surface area contributed by atoms with E-state index in [1.165, 1.54) is 11.1 Å². The lowest BCUT2D eigenvalue weighted by molar-refractivity contribution is -0.136.